The Hall–Kier alpha value is -1.82. The fourth-order valence-corrected chi connectivity index (χ4v) is 4.11. The van der Waals surface area contributed by atoms with Gasteiger partial charge in [-0.25, -0.2) is 4.98 Å². The largest absolute Gasteiger partial charge is 0.497 e. The summed E-state index contributed by atoms with van der Waals surface area (Å²) in [7, 11) is 1.67. The quantitative estimate of drug-likeness (QED) is 0.872. The summed E-state index contributed by atoms with van der Waals surface area (Å²) in [5.41, 5.74) is 0.966. The van der Waals surface area contributed by atoms with Gasteiger partial charge in [-0.05, 0) is 25.0 Å². The first-order valence-corrected chi connectivity index (χ1v) is 8.54. The van der Waals surface area contributed by atoms with Crippen LogP contribution in [0.1, 0.15) is 12.8 Å². The first-order valence-electron chi connectivity index (χ1n) is 7.73. The summed E-state index contributed by atoms with van der Waals surface area (Å²) in [5.74, 6) is 1.31. The van der Waals surface area contributed by atoms with Crippen molar-refractivity contribution < 1.29 is 9.53 Å². The van der Waals surface area contributed by atoms with E-state index in [4.69, 9.17) is 4.74 Å². The topological polar surface area (TPSA) is 45.7 Å². The van der Waals surface area contributed by atoms with Crippen LogP contribution in [0.2, 0.25) is 0 Å². The molecule has 6 heteroatoms. The van der Waals surface area contributed by atoms with Crippen LogP contribution in [0.15, 0.2) is 18.2 Å². The van der Waals surface area contributed by atoms with Crippen molar-refractivity contribution in [2.75, 3.05) is 38.2 Å². The molecule has 1 amide bonds. The molecule has 0 bridgehead atoms. The van der Waals surface area contributed by atoms with Crippen LogP contribution in [0.5, 0.6) is 5.75 Å². The molecule has 2 aromatic rings. The van der Waals surface area contributed by atoms with Crippen LogP contribution in [0.3, 0.4) is 0 Å². The minimum atomic E-state index is 0.152. The molecule has 2 aliphatic rings. The number of methoxy groups -OCH3 is 1. The SMILES string of the molecule is COc1ccc2sc(N3CC(C(=O)N4CCCC4)C3)nc2c1. The molecule has 2 fully saturated rings. The van der Waals surface area contributed by atoms with E-state index in [2.05, 4.69) is 9.88 Å². The van der Waals surface area contributed by atoms with Crippen LogP contribution >= 0.6 is 11.3 Å². The summed E-state index contributed by atoms with van der Waals surface area (Å²) < 4.78 is 6.40. The number of nitrogens with zero attached hydrogens (tertiary/aromatic N) is 3. The third kappa shape index (κ3) is 2.31. The maximum atomic E-state index is 12.3. The third-order valence-electron chi connectivity index (χ3n) is 4.50. The van der Waals surface area contributed by atoms with Crippen LogP contribution in [0.4, 0.5) is 5.13 Å². The van der Waals surface area contributed by atoms with Crippen LogP contribution in [-0.4, -0.2) is 49.1 Å². The van der Waals surface area contributed by atoms with Crippen LogP contribution in [0.25, 0.3) is 10.2 Å². The number of hydrogen-bond donors (Lipinski definition) is 0. The zero-order chi connectivity index (χ0) is 15.1. The molecular formula is C16H19N3O2S. The average Bonchev–Trinajstić information content (AvgIpc) is 3.14. The van der Waals surface area contributed by atoms with Gasteiger partial charge in [0.05, 0.1) is 23.2 Å². The van der Waals surface area contributed by atoms with Crippen LogP contribution in [-0.2, 0) is 4.79 Å². The Bertz CT molecular complexity index is 702. The minimum absolute atomic E-state index is 0.152. The molecule has 116 valence electrons. The number of fused-ring (bicyclic) bond motifs is 1. The summed E-state index contributed by atoms with van der Waals surface area (Å²) in [6.07, 6.45) is 2.31. The number of hydrogen-bond acceptors (Lipinski definition) is 5. The van der Waals surface area contributed by atoms with Gasteiger partial charge in [0.15, 0.2) is 5.13 Å². The van der Waals surface area contributed by atoms with Gasteiger partial charge in [-0.1, -0.05) is 11.3 Å². The number of thiazole rings is 1. The Balaban J connectivity index is 1.45. The van der Waals surface area contributed by atoms with E-state index in [9.17, 15) is 4.79 Å². The van der Waals surface area contributed by atoms with E-state index in [1.165, 1.54) is 0 Å². The lowest BCUT2D eigenvalue weighted by Crippen LogP contribution is -2.54. The second kappa shape index (κ2) is 5.43. The minimum Gasteiger partial charge on any atom is -0.497 e. The Labute approximate surface area is 133 Å². The zero-order valence-corrected chi connectivity index (χ0v) is 13.4. The van der Waals surface area contributed by atoms with E-state index < -0.39 is 0 Å². The van der Waals surface area contributed by atoms with E-state index in [0.29, 0.717) is 5.91 Å². The van der Waals surface area contributed by atoms with Crippen molar-refractivity contribution in [3.05, 3.63) is 18.2 Å². The van der Waals surface area contributed by atoms with E-state index in [0.717, 1.165) is 60.1 Å². The van der Waals surface area contributed by atoms with Crippen LogP contribution in [0, 0.1) is 5.92 Å². The lowest BCUT2D eigenvalue weighted by Gasteiger charge is -2.39. The monoisotopic (exact) mass is 317 g/mol. The lowest BCUT2D eigenvalue weighted by atomic mass is 9.99. The highest BCUT2D eigenvalue weighted by molar-refractivity contribution is 7.22. The molecular weight excluding hydrogens is 298 g/mol. The number of anilines is 1. The molecule has 0 aliphatic carbocycles. The number of likely N-dealkylation sites (tertiary alicyclic amines) is 1. The highest BCUT2D eigenvalue weighted by Gasteiger charge is 2.37. The number of aromatic nitrogens is 1. The summed E-state index contributed by atoms with van der Waals surface area (Å²) in [4.78, 5) is 21.2. The van der Waals surface area contributed by atoms with Gasteiger partial charge in [0, 0.05) is 32.2 Å². The predicted molar refractivity (Wildman–Crippen MR) is 87.7 cm³/mol. The Kier molecular flexibility index (Phi) is 3.41. The van der Waals surface area contributed by atoms with Crippen molar-refractivity contribution in [2.45, 2.75) is 12.8 Å². The van der Waals surface area contributed by atoms with Gasteiger partial charge < -0.3 is 14.5 Å². The van der Waals surface area contributed by atoms with E-state index >= 15 is 0 Å². The highest BCUT2D eigenvalue weighted by atomic mass is 32.1. The van der Waals surface area contributed by atoms with E-state index in [-0.39, 0.29) is 5.92 Å². The first kappa shape index (κ1) is 13.8. The van der Waals surface area contributed by atoms with Crippen molar-refractivity contribution in [3.63, 3.8) is 0 Å². The molecule has 22 heavy (non-hydrogen) atoms. The molecule has 0 atom stereocenters. The molecule has 0 unspecified atom stereocenters. The fourth-order valence-electron chi connectivity index (χ4n) is 3.14. The van der Waals surface area contributed by atoms with Crippen molar-refractivity contribution in [3.8, 4) is 5.75 Å². The maximum Gasteiger partial charge on any atom is 0.229 e. The smallest absolute Gasteiger partial charge is 0.229 e. The van der Waals surface area contributed by atoms with Crippen molar-refractivity contribution >= 4 is 32.6 Å². The number of rotatable bonds is 3. The molecule has 4 rings (SSSR count). The first-order chi connectivity index (χ1) is 10.7. The molecule has 0 spiro atoms. The Morgan fingerprint density at radius 3 is 2.82 bits per heavy atom. The van der Waals surface area contributed by atoms with Gasteiger partial charge in [0.2, 0.25) is 5.91 Å². The average molecular weight is 317 g/mol. The second-order valence-corrected chi connectivity index (χ2v) is 6.97. The zero-order valence-electron chi connectivity index (χ0n) is 12.6. The second-order valence-electron chi connectivity index (χ2n) is 5.96. The third-order valence-corrected chi connectivity index (χ3v) is 5.60. The number of benzene rings is 1. The van der Waals surface area contributed by atoms with Gasteiger partial charge in [0.25, 0.3) is 0 Å². The van der Waals surface area contributed by atoms with E-state index in [1.807, 2.05) is 23.1 Å². The van der Waals surface area contributed by atoms with Gasteiger partial charge in [-0.2, -0.15) is 0 Å². The van der Waals surface area contributed by atoms with Crippen molar-refractivity contribution in [1.29, 1.82) is 0 Å². The predicted octanol–water partition coefficient (Wildman–Crippen LogP) is 2.36. The number of carbonyl (C=O) groups is 1. The fraction of sp³-hybridized carbons (Fsp3) is 0.500. The van der Waals surface area contributed by atoms with Gasteiger partial charge in [-0.15, -0.1) is 0 Å². The molecule has 1 aromatic heterocycles. The summed E-state index contributed by atoms with van der Waals surface area (Å²) in [5, 5.41) is 1.01. The Morgan fingerprint density at radius 1 is 1.32 bits per heavy atom. The number of carbonyl (C=O) groups excluding carboxylic acids is 1. The standard InChI is InChI=1S/C16H19N3O2S/c1-21-12-4-5-14-13(8-12)17-16(22-14)19-9-11(10-19)15(20)18-6-2-3-7-18/h4-5,8,11H,2-3,6-7,9-10H2,1H3. The van der Waals surface area contributed by atoms with Gasteiger partial charge in [0.1, 0.15) is 5.75 Å². The number of ether oxygens (including phenoxy) is 1. The lowest BCUT2D eigenvalue weighted by molar-refractivity contribution is -0.135. The van der Waals surface area contributed by atoms with Crippen molar-refractivity contribution in [2.24, 2.45) is 5.92 Å². The molecule has 2 saturated heterocycles. The summed E-state index contributed by atoms with van der Waals surface area (Å²) >= 11 is 1.68. The molecule has 1 aromatic carbocycles. The molecule has 3 heterocycles. The number of amides is 1. The Morgan fingerprint density at radius 2 is 2.09 bits per heavy atom. The summed E-state index contributed by atoms with van der Waals surface area (Å²) in [6, 6.07) is 5.96. The molecule has 0 N–H and O–H groups in total. The molecule has 5 nitrogen and oxygen atoms in total. The van der Waals surface area contributed by atoms with Gasteiger partial charge in [-0.3, -0.25) is 4.79 Å². The van der Waals surface area contributed by atoms with Crippen LogP contribution < -0.4 is 9.64 Å². The maximum absolute atomic E-state index is 12.3. The summed E-state index contributed by atoms with van der Waals surface area (Å²) in [6.45, 7) is 3.48. The van der Waals surface area contributed by atoms with E-state index in [1.54, 1.807) is 18.4 Å². The highest BCUT2D eigenvalue weighted by Crippen LogP contribution is 2.35. The molecule has 2 aliphatic heterocycles. The molecule has 0 saturated carbocycles. The van der Waals surface area contributed by atoms with Gasteiger partial charge >= 0.3 is 0 Å². The normalized spacial score (nSPS) is 18.8. The molecule has 0 radical (unpaired) electrons. The van der Waals surface area contributed by atoms with Crippen molar-refractivity contribution in [1.82, 2.24) is 9.88 Å².